The predicted octanol–water partition coefficient (Wildman–Crippen LogP) is 4.28. The van der Waals surface area contributed by atoms with Crippen LogP contribution in [0, 0.1) is 0 Å². The van der Waals surface area contributed by atoms with Crippen LogP contribution >= 0.6 is 35.6 Å². The van der Waals surface area contributed by atoms with E-state index in [1.165, 1.54) is 16.6 Å². The minimum atomic E-state index is -1.05. The molecule has 1 aliphatic rings. The number of thioether (sulfide) groups is 1. The fourth-order valence-electron chi connectivity index (χ4n) is 3.01. The van der Waals surface area contributed by atoms with Gasteiger partial charge in [0.25, 0.3) is 0 Å². The summed E-state index contributed by atoms with van der Waals surface area (Å²) in [6, 6.07) is 13.2. The number of piperazine rings is 1. The maximum atomic E-state index is 11.1. The lowest BCUT2D eigenvalue weighted by atomic mass is 10.2. The fourth-order valence-corrected chi connectivity index (χ4v) is 4.19. The standard InChI is InChI=1S/C19H20ClN3O2S2/c1-27-17-5-3-2-4-16(17)22-8-10-23(11-9-22)19(26)21-13-6-7-14(18(24)25)15(20)12-13/h2-7,12H,8-11H2,1H3,(H,21,26)(H,24,25). The number of carboxylic acid groups (broad SMARTS) is 1. The molecule has 0 aromatic heterocycles. The second kappa shape index (κ2) is 8.82. The first-order chi connectivity index (χ1) is 13.0. The van der Waals surface area contributed by atoms with E-state index in [1.54, 1.807) is 23.9 Å². The van der Waals surface area contributed by atoms with E-state index >= 15 is 0 Å². The summed E-state index contributed by atoms with van der Waals surface area (Å²) < 4.78 is 0. The van der Waals surface area contributed by atoms with Crippen molar-refractivity contribution >= 4 is 58.0 Å². The first-order valence-corrected chi connectivity index (χ1v) is 10.5. The lowest BCUT2D eigenvalue weighted by Crippen LogP contribution is -2.50. The van der Waals surface area contributed by atoms with Crippen LogP contribution in [0.5, 0.6) is 0 Å². The van der Waals surface area contributed by atoms with Gasteiger partial charge in [0.1, 0.15) is 0 Å². The summed E-state index contributed by atoms with van der Waals surface area (Å²) in [6.07, 6.45) is 2.09. The Morgan fingerprint density at radius 3 is 2.52 bits per heavy atom. The average molecular weight is 422 g/mol. The van der Waals surface area contributed by atoms with Crippen LogP contribution in [0.15, 0.2) is 47.4 Å². The van der Waals surface area contributed by atoms with E-state index in [4.69, 9.17) is 28.9 Å². The van der Waals surface area contributed by atoms with E-state index in [2.05, 4.69) is 45.6 Å². The van der Waals surface area contributed by atoms with E-state index in [0.717, 1.165) is 26.2 Å². The molecule has 0 unspecified atom stereocenters. The van der Waals surface area contributed by atoms with Gasteiger partial charge in [0.2, 0.25) is 0 Å². The van der Waals surface area contributed by atoms with E-state index in [9.17, 15) is 4.79 Å². The third kappa shape index (κ3) is 4.66. The molecule has 1 heterocycles. The smallest absolute Gasteiger partial charge is 0.337 e. The molecule has 3 rings (SSSR count). The van der Waals surface area contributed by atoms with Crippen LogP contribution < -0.4 is 10.2 Å². The topological polar surface area (TPSA) is 55.8 Å². The molecule has 142 valence electrons. The number of nitrogens with zero attached hydrogens (tertiary/aromatic N) is 2. The second-order valence-corrected chi connectivity index (χ2v) is 7.72. The average Bonchev–Trinajstić information content (AvgIpc) is 2.68. The van der Waals surface area contributed by atoms with Crippen LogP contribution in [0.3, 0.4) is 0 Å². The normalized spacial score (nSPS) is 14.1. The number of benzene rings is 2. The lowest BCUT2D eigenvalue weighted by Gasteiger charge is -2.38. The van der Waals surface area contributed by atoms with Crippen molar-refractivity contribution in [1.29, 1.82) is 0 Å². The van der Waals surface area contributed by atoms with Crippen LogP contribution in [0.1, 0.15) is 10.4 Å². The van der Waals surface area contributed by atoms with Gasteiger partial charge >= 0.3 is 5.97 Å². The highest BCUT2D eigenvalue weighted by molar-refractivity contribution is 7.98. The number of carboxylic acids is 1. The molecule has 1 saturated heterocycles. The molecule has 1 aliphatic heterocycles. The largest absolute Gasteiger partial charge is 0.478 e. The van der Waals surface area contributed by atoms with Gasteiger partial charge in [0, 0.05) is 36.8 Å². The number of aromatic carboxylic acids is 1. The summed E-state index contributed by atoms with van der Waals surface area (Å²) in [5.41, 5.74) is 2.03. The van der Waals surface area contributed by atoms with Gasteiger partial charge < -0.3 is 20.2 Å². The SMILES string of the molecule is CSc1ccccc1N1CCN(C(=S)Nc2ccc(C(=O)O)c(Cl)c2)CC1. The maximum absolute atomic E-state index is 11.1. The van der Waals surface area contributed by atoms with Crippen molar-refractivity contribution in [3.05, 3.63) is 53.1 Å². The first-order valence-electron chi connectivity index (χ1n) is 8.46. The van der Waals surface area contributed by atoms with Crippen molar-refractivity contribution in [3.8, 4) is 0 Å². The van der Waals surface area contributed by atoms with Crippen molar-refractivity contribution in [2.75, 3.05) is 42.7 Å². The summed E-state index contributed by atoms with van der Waals surface area (Å²) in [7, 11) is 0. The zero-order valence-corrected chi connectivity index (χ0v) is 17.2. The molecule has 0 aliphatic carbocycles. The van der Waals surface area contributed by atoms with E-state index < -0.39 is 5.97 Å². The van der Waals surface area contributed by atoms with Crippen LogP contribution in [0.2, 0.25) is 5.02 Å². The number of nitrogens with one attached hydrogen (secondary N) is 1. The van der Waals surface area contributed by atoms with E-state index in [1.807, 2.05) is 0 Å². The monoisotopic (exact) mass is 421 g/mol. The number of hydrogen-bond donors (Lipinski definition) is 2. The molecule has 2 aromatic rings. The van der Waals surface area contributed by atoms with Gasteiger partial charge in [-0.1, -0.05) is 23.7 Å². The maximum Gasteiger partial charge on any atom is 0.337 e. The van der Waals surface area contributed by atoms with Crippen LogP contribution in [0.4, 0.5) is 11.4 Å². The number of carbonyl (C=O) groups is 1. The molecular weight excluding hydrogens is 402 g/mol. The minimum absolute atomic E-state index is 0.0780. The minimum Gasteiger partial charge on any atom is -0.478 e. The number of halogens is 1. The molecule has 2 aromatic carbocycles. The van der Waals surface area contributed by atoms with Gasteiger partial charge in [-0.3, -0.25) is 0 Å². The summed E-state index contributed by atoms with van der Waals surface area (Å²) in [5.74, 6) is -1.05. The highest BCUT2D eigenvalue weighted by Crippen LogP contribution is 2.29. The third-order valence-electron chi connectivity index (χ3n) is 4.44. The van der Waals surface area contributed by atoms with Crippen molar-refractivity contribution in [1.82, 2.24) is 4.90 Å². The summed E-state index contributed by atoms with van der Waals surface area (Å²) in [6.45, 7) is 3.40. The van der Waals surface area contributed by atoms with Gasteiger partial charge in [-0.25, -0.2) is 4.79 Å². The molecule has 1 fully saturated rings. The number of thiocarbonyl (C=S) groups is 1. The van der Waals surface area contributed by atoms with Gasteiger partial charge in [0.05, 0.1) is 16.3 Å². The molecule has 0 radical (unpaired) electrons. The lowest BCUT2D eigenvalue weighted by molar-refractivity contribution is 0.0697. The van der Waals surface area contributed by atoms with Crippen LogP contribution in [0.25, 0.3) is 0 Å². The first kappa shape index (κ1) is 19.8. The molecule has 0 saturated carbocycles. The Kier molecular flexibility index (Phi) is 6.46. The molecule has 8 heteroatoms. The van der Waals surface area contributed by atoms with Gasteiger partial charge in [-0.15, -0.1) is 11.8 Å². The number of anilines is 2. The Balaban J connectivity index is 1.60. The molecule has 27 heavy (non-hydrogen) atoms. The van der Waals surface area contributed by atoms with E-state index in [-0.39, 0.29) is 10.6 Å². The Hall–Kier alpha value is -1.96. The molecular formula is C19H20ClN3O2S2. The Labute approximate surface area is 173 Å². The van der Waals surface area contributed by atoms with Gasteiger partial charge in [-0.05, 0) is 48.8 Å². The zero-order valence-electron chi connectivity index (χ0n) is 14.8. The molecule has 0 atom stereocenters. The highest BCUT2D eigenvalue weighted by atomic mass is 35.5. The molecule has 0 spiro atoms. The molecule has 2 N–H and O–H groups in total. The summed E-state index contributed by atoms with van der Waals surface area (Å²) >= 11 is 13.3. The van der Waals surface area contributed by atoms with Crippen molar-refractivity contribution in [3.63, 3.8) is 0 Å². The predicted molar refractivity (Wildman–Crippen MR) is 117 cm³/mol. The number of hydrogen-bond acceptors (Lipinski definition) is 4. The van der Waals surface area contributed by atoms with Gasteiger partial charge in [-0.2, -0.15) is 0 Å². The van der Waals surface area contributed by atoms with Crippen LogP contribution in [-0.4, -0.2) is 53.5 Å². The van der Waals surface area contributed by atoms with Crippen molar-refractivity contribution < 1.29 is 9.90 Å². The second-order valence-electron chi connectivity index (χ2n) is 6.08. The Morgan fingerprint density at radius 1 is 1.19 bits per heavy atom. The third-order valence-corrected chi connectivity index (χ3v) is 5.90. The van der Waals surface area contributed by atoms with Crippen LogP contribution in [-0.2, 0) is 0 Å². The Morgan fingerprint density at radius 2 is 1.89 bits per heavy atom. The number of rotatable bonds is 4. The summed E-state index contributed by atoms with van der Waals surface area (Å²) in [5, 5.41) is 13.0. The van der Waals surface area contributed by atoms with E-state index in [0.29, 0.717) is 10.8 Å². The number of para-hydroxylation sites is 1. The quantitative estimate of drug-likeness (QED) is 0.564. The highest BCUT2D eigenvalue weighted by Gasteiger charge is 2.21. The van der Waals surface area contributed by atoms with Gasteiger partial charge in [0.15, 0.2) is 5.11 Å². The zero-order chi connectivity index (χ0) is 19.4. The fraction of sp³-hybridized carbons (Fsp3) is 0.263. The molecule has 0 amide bonds. The Bertz CT molecular complexity index is 855. The molecule has 0 bridgehead atoms. The van der Waals surface area contributed by atoms with Crippen molar-refractivity contribution in [2.24, 2.45) is 0 Å². The van der Waals surface area contributed by atoms with Crippen molar-refractivity contribution in [2.45, 2.75) is 4.90 Å². The molecule has 5 nitrogen and oxygen atoms in total. The summed E-state index contributed by atoms with van der Waals surface area (Å²) in [4.78, 5) is 16.8.